The third-order valence-corrected chi connectivity index (χ3v) is 7.43. The van der Waals surface area contributed by atoms with Gasteiger partial charge in [-0.05, 0) is 56.4 Å². The molecule has 1 amide bonds. The van der Waals surface area contributed by atoms with Crippen molar-refractivity contribution in [2.45, 2.75) is 57.9 Å². The van der Waals surface area contributed by atoms with E-state index < -0.39 is 28.3 Å². The van der Waals surface area contributed by atoms with E-state index in [1.54, 1.807) is 0 Å². The van der Waals surface area contributed by atoms with Gasteiger partial charge < -0.3 is 20.4 Å². The Morgan fingerprint density at radius 3 is 2.03 bits per heavy atom. The predicted octanol–water partition coefficient (Wildman–Crippen LogP) is 2.81. The Kier molecular flexibility index (Phi) is 4.40. The quantitative estimate of drug-likeness (QED) is 0.702. The summed E-state index contributed by atoms with van der Waals surface area (Å²) in [5.41, 5.74) is -0.323. The van der Waals surface area contributed by atoms with Crippen molar-refractivity contribution in [1.29, 1.82) is 0 Å². The second kappa shape index (κ2) is 6.47. The first-order valence-corrected chi connectivity index (χ1v) is 10.3. The van der Waals surface area contributed by atoms with Crippen LogP contribution in [0.4, 0.5) is 5.69 Å². The highest BCUT2D eigenvalue weighted by Gasteiger charge is 2.82. The Morgan fingerprint density at radius 2 is 1.52 bits per heavy atom. The smallest absolute Gasteiger partial charge is 0.312 e. The number of aryl methyl sites for hydroxylation is 2. The second-order valence-corrected chi connectivity index (χ2v) is 9.18. The fraction of sp³-hybridized carbons (Fsp3) is 0.591. The second-order valence-electron chi connectivity index (χ2n) is 9.18. The van der Waals surface area contributed by atoms with E-state index in [0.717, 1.165) is 30.5 Å². The summed E-state index contributed by atoms with van der Waals surface area (Å²) in [4.78, 5) is 38.8. The Labute approximate surface area is 170 Å². The maximum atomic E-state index is 13.7. The molecule has 1 aliphatic heterocycles. The molecular formula is C22H28N2O5. The van der Waals surface area contributed by atoms with Gasteiger partial charge in [-0.25, -0.2) is 0 Å². The van der Waals surface area contributed by atoms with Gasteiger partial charge in [0.15, 0.2) is 0 Å². The van der Waals surface area contributed by atoms with Crippen LogP contribution < -0.4 is 5.32 Å². The molecule has 0 aromatic heterocycles. The number of carbonyl (C=O) groups is 3. The van der Waals surface area contributed by atoms with Crippen LogP contribution in [0.25, 0.3) is 0 Å². The Balaban J connectivity index is 1.62. The van der Waals surface area contributed by atoms with Crippen molar-refractivity contribution in [1.82, 2.24) is 4.90 Å². The van der Waals surface area contributed by atoms with E-state index in [2.05, 4.69) is 5.32 Å². The molecule has 4 rings (SSSR count). The summed E-state index contributed by atoms with van der Waals surface area (Å²) in [7, 11) is 0. The van der Waals surface area contributed by atoms with Crippen LogP contribution in [-0.2, 0) is 14.4 Å². The highest BCUT2D eigenvalue weighted by molar-refractivity contribution is 5.98. The molecule has 2 saturated carbocycles. The van der Waals surface area contributed by atoms with Gasteiger partial charge >= 0.3 is 11.9 Å². The van der Waals surface area contributed by atoms with E-state index in [4.69, 9.17) is 0 Å². The molecule has 29 heavy (non-hydrogen) atoms. The normalized spacial score (nSPS) is 29.8. The zero-order valence-corrected chi connectivity index (χ0v) is 17.0. The lowest BCUT2D eigenvalue weighted by Gasteiger charge is -2.41. The third-order valence-electron chi connectivity index (χ3n) is 7.43. The van der Waals surface area contributed by atoms with Gasteiger partial charge in [-0.15, -0.1) is 0 Å². The Morgan fingerprint density at radius 1 is 0.931 bits per heavy atom. The molecular weight excluding hydrogens is 372 g/mol. The minimum Gasteiger partial charge on any atom is -0.481 e. The molecule has 7 heteroatoms. The van der Waals surface area contributed by atoms with Crippen molar-refractivity contribution in [3.05, 3.63) is 29.3 Å². The lowest BCUT2D eigenvalue weighted by Crippen LogP contribution is -2.55. The number of piperidine rings is 1. The summed E-state index contributed by atoms with van der Waals surface area (Å²) in [6.45, 7) is 4.01. The van der Waals surface area contributed by atoms with Crippen LogP contribution >= 0.6 is 0 Å². The zero-order chi connectivity index (χ0) is 21.0. The summed E-state index contributed by atoms with van der Waals surface area (Å²) in [6, 6.07) is 6.01. The van der Waals surface area contributed by atoms with Gasteiger partial charge in [-0.3, -0.25) is 14.4 Å². The highest BCUT2D eigenvalue weighted by Crippen LogP contribution is 2.68. The number of hydrogen-bond donors (Lipinski definition) is 3. The maximum absolute atomic E-state index is 13.7. The van der Waals surface area contributed by atoms with Gasteiger partial charge in [0, 0.05) is 18.8 Å². The van der Waals surface area contributed by atoms with Crippen molar-refractivity contribution >= 4 is 23.5 Å². The molecule has 0 bridgehead atoms. The van der Waals surface area contributed by atoms with Crippen LogP contribution in [0.5, 0.6) is 0 Å². The molecule has 3 N–H and O–H groups in total. The molecule has 1 saturated heterocycles. The Bertz CT molecular complexity index is 863. The third kappa shape index (κ3) is 2.81. The molecule has 156 valence electrons. The lowest BCUT2D eigenvalue weighted by molar-refractivity contribution is -0.151. The first-order chi connectivity index (χ1) is 13.7. The number of carboxylic acids is 2. The van der Waals surface area contributed by atoms with Gasteiger partial charge in [0.2, 0.25) is 5.91 Å². The fourth-order valence-corrected chi connectivity index (χ4v) is 5.38. The highest BCUT2D eigenvalue weighted by atomic mass is 16.4. The van der Waals surface area contributed by atoms with E-state index in [1.165, 1.54) is 10.5 Å². The van der Waals surface area contributed by atoms with Crippen LogP contribution in [-0.4, -0.2) is 51.6 Å². The number of carbonyl (C=O) groups excluding carboxylic acids is 1. The van der Waals surface area contributed by atoms with Gasteiger partial charge in [0.05, 0.1) is 0 Å². The summed E-state index contributed by atoms with van der Waals surface area (Å²) in [5, 5.41) is 22.8. The van der Waals surface area contributed by atoms with E-state index >= 15 is 0 Å². The minimum atomic E-state index is -1.34. The molecule has 0 radical (unpaired) electrons. The van der Waals surface area contributed by atoms with Gasteiger partial charge in [-0.2, -0.15) is 0 Å². The molecule has 2 aliphatic carbocycles. The summed E-state index contributed by atoms with van der Waals surface area (Å²) >= 11 is 0. The number of amides is 1. The number of aliphatic carboxylic acids is 2. The standard InChI is InChI=1S/C22H28N2O5/c1-14-6-7-16(10-15(14)2)23-22(8-4-3-5-9-22)17(25)24-12-20(18(26)27)11-21(20,13-24)19(28)29/h6-7,10,23H,3-5,8-9,11-13H2,1-2H3,(H,26,27)(H,28,29)/t20-,21+. The first-order valence-electron chi connectivity index (χ1n) is 10.3. The monoisotopic (exact) mass is 400 g/mol. The summed E-state index contributed by atoms with van der Waals surface area (Å²) < 4.78 is 0. The van der Waals surface area contributed by atoms with Crippen LogP contribution in [0, 0.1) is 24.7 Å². The number of nitrogens with one attached hydrogen (secondary N) is 1. The molecule has 1 heterocycles. The largest absolute Gasteiger partial charge is 0.481 e. The SMILES string of the molecule is Cc1ccc(NC2(C(=O)N3C[C@@]4(C(=O)O)C[C@@]4(C(=O)O)C3)CCCCC2)cc1C. The zero-order valence-electron chi connectivity index (χ0n) is 17.0. The van der Waals surface area contributed by atoms with Crippen LogP contribution in [0.15, 0.2) is 18.2 Å². The summed E-state index contributed by atoms with van der Waals surface area (Å²) in [5.74, 6) is -2.39. The van der Waals surface area contributed by atoms with Crippen molar-refractivity contribution in [2.24, 2.45) is 10.8 Å². The van der Waals surface area contributed by atoms with Crippen LogP contribution in [0.1, 0.15) is 49.7 Å². The van der Waals surface area contributed by atoms with E-state index in [9.17, 15) is 24.6 Å². The molecule has 0 unspecified atom stereocenters. The molecule has 3 aliphatic rings. The maximum Gasteiger partial charge on any atom is 0.312 e. The van der Waals surface area contributed by atoms with Crippen molar-refractivity contribution in [3.63, 3.8) is 0 Å². The van der Waals surface area contributed by atoms with Crippen LogP contribution in [0.3, 0.4) is 0 Å². The van der Waals surface area contributed by atoms with Crippen molar-refractivity contribution < 1.29 is 24.6 Å². The van der Waals surface area contributed by atoms with E-state index in [-0.39, 0.29) is 25.4 Å². The average molecular weight is 400 g/mol. The van der Waals surface area contributed by atoms with Crippen LogP contribution in [0.2, 0.25) is 0 Å². The molecule has 1 aromatic carbocycles. The number of anilines is 1. The van der Waals surface area contributed by atoms with Gasteiger partial charge in [-0.1, -0.05) is 25.3 Å². The molecule has 7 nitrogen and oxygen atoms in total. The average Bonchev–Trinajstić information content (AvgIpc) is 3.23. The molecule has 3 fully saturated rings. The minimum absolute atomic E-state index is 0.0240. The lowest BCUT2D eigenvalue weighted by atomic mass is 9.80. The van der Waals surface area contributed by atoms with Gasteiger partial charge in [0.1, 0.15) is 16.4 Å². The number of rotatable bonds is 5. The number of likely N-dealkylation sites (tertiary alicyclic amines) is 1. The number of benzene rings is 1. The Hall–Kier alpha value is -2.57. The van der Waals surface area contributed by atoms with Crippen molar-refractivity contribution in [3.8, 4) is 0 Å². The summed E-state index contributed by atoms with van der Waals surface area (Å²) in [6.07, 6.45) is 4.30. The molecule has 0 spiro atoms. The number of nitrogens with zero attached hydrogens (tertiary/aromatic N) is 1. The van der Waals surface area contributed by atoms with Crippen molar-refractivity contribution in [2.75, 3.05) is 18.4 Å². The van der Waals surface area contributed by atoms with Gasteiger partial charge in [0.25, 0.3) is 0 Å². The molecule has 2 atom stereocenters. The molecule has 1 aromatic rings. The number of fused-ring (bicyclic) bond motifs is 1. The fourth-order valence-electron chi connectivity index (χ4n) is 5.38. The number of carboxylic acid groups (broad SMARTS) is 2. The number of hydrogen-bond acceptors (Lipinski definition) is 4. The predicted molar refractivity (Wildman–Crippen MR) is 107 cm³/mol. The first kappa shape index (κ1) is 19.7. The van der Waals surface area contributed by atoms with E-state index in [1.807, 2.05) is 32.0 Å². The van der Waals surface area contributed by atoms with E-state index in [0.29, 0.717) is 12.8 Å². The topological polar surface area (TPSA) is 107 Å².